The zero-order valence-electron chi connectivity index (χ0n) is 11.7. The molecule has 2 N–H and O–H groups in total. The second-order valence-corrected chi connectivity index (χ2v) is 6.34. The summed E-state index contributed by atoms with van der Waals surface area (Å²) in [5, 5.41) is 11.7. The molecule has 1 heterocycles. The quantitative estimate of drug-likeness (QED) is 0.771. The summed E-state index contributed by atoms with van der Waals surface area (Å²) in [6.45, 7) is 4.34. The van der Waals surface area contributed by atoms with Gasteiger partial charge in [0.2, 0.25) is 0 Å². The van der Waals surface area contributed by atoms with Crippen LogP contribution < -0.4 is 10.6 Å². The van der Waals surface area contributed by atoms with E-state index in [1.807, 2.05) is 0 Å². The highest BCUT2D eigenvalue weighted by atomic mass is 32.1. The molecule has 0 saturated heterocycles. The van der Waals surface area contributed by atoms with Gasteiger partial charge in [-0.15, -0.1) is 0 Å². The summed E-state index contributed by atoms with van der Waals surface area (Å²) in [5.41, 5.74) is 3.30. The SMILES string of the molecule is CNC1(CCNCc2cscc2C)CCCCC1. The molecule has 1 aliphatic carbocycles. The van der Waals surface area contributed by atoms with Gasteiger partial charge in [0.25, 0.3) is 0 Å². The van der Waals surface area contributed by atoms with Crippen LogP contribution in [-0.4, -0.2) is 19.1 Å². The van der Waals surface area contributed by atoms with Crippen molar-refractivity contribution in [2.24, 2.45) is 0 Å². The predicted molar refractivity (Wildman–Crippen MR) is 80.3 cm³/mol. The Morgan fingerprint density at radius 3 is 2.61 bits per heavy atom. The Morgan fingerprint density at radius 1 is 1.22 bits per heavy atom. The highest BCUT2D eigenvalue weighted by molar-refractivity contribution is 7.08. The second-order valence-electron chi connectivity index (χ2n) is 5.60. The van der Waals surface area contributed by atoms with Crippen LogP contribution in [-0.2, 0) is 6.54 Å². The first kappa shape index (κ1) is 14.0. The molecule has 0 radical (unpaired) electrons. The van der Waals surface area contributed by atoms with Crippen LogP contribution in [0.25, 0.3) is 0 Å². The van der Waals surface area contributed by atoms with Crippen molar-refractivity contribution in [1.82, 2.24) is 10.6 Å². The molecule has 102 valence electrons. The van der Waals surface area contributed by atoms with Crippen LogP contribution in [0.3, 0.4) is 0 Å². The predicted octanol–water partition coefficient (Wildman–Crippen LogP) is 3.46. The number of hydrogen-bond acceptors (Lipinski definition) is 3. The minimum Gasteiger partial charge on any atom is -0.314 e. The third kappa shape index (κ3) is 3.56. The summed E-state index contributed by atoms with van der Waals surface area (Å²) in [6.07, 6.45) is 8.16. The van der Waals surface area contributed by atoms with Gasteiger partial charge in [-0.1, -0.05) is 19.3 Å². The maximum Gasteiger partial charge on any atom is 0.0216 e. The largest absolute Gasteiger partial charge is 0.314 e. The van der Waals surface area contributed by atoms with Gasteiger partial charge in [0.15, 0.2) is 0 Å². The molecule has 1 aromatic rings. The normalized spacial score (nSPS) is 19.0. The molecule has 1 fully saturated rings. The molecule has 1 saturated carbocycles. The average Bonchev–Trinajstić information content (AvgIpc) is 2.82. The van der Waals surface area contributed by atoms with Gasteiger partial charge in [-0.25, -0.2) is 0 Å². The van der Waals surface area contributed by atoms with Crippen molar-refractivity contribution in [3.63, 3.8) is 0 Å². The summed E-state index contributed by atoms with van der Waals surface area (Å²) in [7, 11) is 2.13. The highest BCUT2D eigenvalue weighted by Gasteiger charge is 2.29. The number of nitrogens with one attached hydrogen (secondary N) is 2. The van der Waals surface area contributed by atoms with E-state index in [0.717, 1.165) is 13.1 Å². The van der Waals surface area contributed by atoms with Crippen molar-refractivity contribution in [2.45, 2.75) is 57.5 Å². The number of thiophene rings is 1. The molecule has 0 aliphatic heterocycles. The van der Waals surface area contributed by atoms with Crippen LogP contribution in [0.4, 0.5) is 0 Å². The van der Waals surface area contributed by atoms with Crippen molar-refractivity contribution in [3.05, 3.63) is 21.9 Å². The van der Waals surface area contributed by atoms with E-state index in [2.05, 4.69) is 35.4 Å². The fraction of sp³-hybridized carbons (Fsp3) is 0.733. The van der Waals surface area contributed by atoms with Crippen molar-refractivity contribution < 1.29 is 0 Å². The Labute approximate surface area is 115 Å². The lowest BCUT2D eigenvalue weighted by atomic mass is 9.79. The van der Waals surface area contributed by atoms with Gasteiger partial charge >= 0.3 is 0 Å². The van der Waals surface area contributed by atoms with Crippen LogP contribution >= 0.6 is 11.3 Å². The van der Waals surface area contributed by atoms with Crippen molar-refractivity contribution >= 4 is 11.3 Å². The van der Waals surface area contributed by atoms with Gasteiger partial charge in [-0.2, -0.15) is 11.3 Å². The number of aryl methyl sites for hydroxylation is 1. The Balaban J connectivity index is 1.72. The molecular weight excluding hydrogens is 240 g/mol. The molecule has 18 heavy (non-hydrogen) atoms. The number of rotatable bonds is 6. The molecular formula is C15H26N2S. The lowest BCUT2D eigenvalue weighted by Gasteiger charge is -2.37. The van der Waals surface area contributed by atoms with Crippen LogP contribution in [0.2, 0.25) is 0 Å². The summed E-state index contributed by atoms with van der Waals surface area (Å²) in [4.78, 5) is 0. The maximum absolute atomic E-state index is 3.60. The fourth-order valence-electron chi connectivity index (χ4n) is 2.97. The van der Waals surface area contributed by atoms with E-state index >= 15 is 0 Å². The highest BCUT2D eigenvalue weighted by Crippen LogP contribution is 2.30. The average molecular weight is 266 g/mol. The molecule has 2 nitrogen and oxygen atoms in total. The van der Waals surface area contributed by atoms with Crippen LogP contribution in [0, 0.1) is 6.92 Å². The third-order valence-electron chi connectivity index (χ3n) is 4.40. The van der Waals surface area contributed by atoms with Crippen molar-refractivity contribution in [1.29, 1.82) is 0 Å². The maximum atomic E-state index is 3.60. The van der Waals surface area contributed by atoms with Gasteiger partial charge in [0.05, 0.1) is 0 Å². The summed E-state index contributed by atoms with van der Waals surface area (Å²) < 4.78 is 0. The Hall–Kier alpha value is -0.380. The van der Waals surface area contributed by atoms with Gasteiger partial charge in [0.1, 0.15) is 0 Å². The lowest BCUT2D eigenvalue weighted by molar-refractivity contribution is 0.228. The van der Waals surface area contributed by atoms with Gasteiger partial charge in [0, 0.05) is 12.1 Å². The minimum atomic E-state index is 0.412. The van der Waals surface area contributed by atoms with E-state index < -0.39 is 0 Å². The summed E-state index contributed by atoms with van der Waals surface area (Å²) in [6, 6.07) is 0. The van der Waals surface area contributed by atoms with E-state index in [1.54, 1.807) is 11.3 Å². The Bertz CT molecular complexity index is 353. The molecule has 0 spiro atoms. The zero-order chi connectivity index (χ0) is 12.8. The van der Waals surface area contributed by atoms with E-state index in [1.165, 1.54) is 49.7 Å². The molecule has 0 bridgehead atoms. The van der Waals surface area contributed by atoms with Crippen molar-refractivity contribution in [3.8, 4) is 0 Å². The molecule has 2 rings (SSSR count). The van der Waals surface area contributed by atoms with Crippen LogP contribution in [0.1, 0.15) is 49.7 Å². The van der Waals surface area contributed by atoms with Gasteiger partial charge < -0.3 is 10.6 Å². The molecule has 0 aromatic carbocycles. The molecule has 3 heteroatoms. The standard InChI is InChI=1S/C15H26N2S/c1-13-11-18-12-14(13)10-17-9-8-15(16-2)6-4-3-5-7-15/h11-12,16-17H,3-10H2,1-2H3. The molecule has 0 unspecified atom stereocenters. The van der Waals surface area contributed by atoms with Crippen molar-refractivity contribution in [2.75, 3.05) is 13.6 Å². The minimum absolute atomic E-state index is 0.412. The van der Waals surface area contributed by atoms with Crippen LogP contribution in [0.15, 0.2) is 10.8 Å². The third-order valence-corrected chi connectivity index (χ3v) is 5.31. The zero-order valence-corrected chi connectivity index (χ0v) is 12.5. The fourth-order valence-corrected chi connectivity index (χ4v) is 3.83. The summed E-state index contributed by atoms with van der Waals surface area (Å²) >= 11 is 1.80. The second kappa shape index (κ2) is 6.69. The van der Waals surface area contributed by atoms with E-state index in [-0.39, 0.29) is 0 Å². The monoisotopic (exact) mass is 266 g/mol. The Kier molecular flexibility index (Phi) is 5.22. The van der Waals surface area contributed by atoms with Crippen LogP contribution in [0.5, 0.6) is 0 Å². The molecule has 0 amide bonds. The van der Waals surface area contributed by atoms with E-state index in [0.29, 0.717) is 5.54 Å². The first-order valence-corrected chi connectivity index (χ1v) is 8.11. The topological polar surface area (TPSA) is 24.1 Å². The Morgan fingerprint density at radius 2 is 2.00 bits per heavy atom. The van der Waals surface area contributed by atoms with E-state index in [4.69, 9.17) is 0 Å². The summed E-state index contributed by atoms with van der Waals surface area (Å²) in [5.74, 6) is 0. The molecule has 1 aromatic heterocycles. The smallest absolute Gasteiger partial charge is 0.0216 e. The first-order valence-electron chi connectivity index (χ1n) is 7.17. The molecule has 0 atom stereocenters. The lowest BCUT2D eigenvalue weighted by Crippen LogP contribution is -2.46. The molecule has 1 aliphatic rings. The van der Waals surface area contributed by atoms with Gasteiger partial charge in [-0.05, 0) is 61.7 Å². The first-order chi connectivity index (χ1) is 8.76. The van der Waals surface area contributed by atoms with Gasteiger partial charge in [-0.3, -0.25) is 0 Å². The van der Waals surface area contributed by atoms with E-state index in [9.17, 15) is 0 Å². The number of hydrogen-bond donors (Lipinski definition) is 2.